The van der Waals surface area contributed by atoms with E-state index in [2.05, 4.69) is 20.6 Å². The molecule has 1 amide bonds. The van der Waals surface area contributed by atoms with Crippen LogP contribution in [0.3, 0.4) is 0 Å². The lowest BCUT2D eigenvalue weighted by Crippen LogP contribution is -2.29. The Morgan fingerprint density at radius 1 is 1.61 bits per heavy atom. The minimum Gasteiger partial charge on any atom is -0.382 e. The molecule has 8 heteroatoms. The first-order valence-electron chi connectivity index (χ1n) is 5.48. The topological polar surface area (TPSA) is 112 Å². The number of carbonyl (C=O) groups excluding carboxylic acids is 1. The summed E-state index contributed by atoms with van der Waals surface area (Å²) in [6.45, 7) is 2.31. The first kappa shape index (κ1) is 12.1. The van der Waals surface area contributed by atoms with E-state index in [-0.39, 0.29) is 12.5 Å². The number of amides is 1. The van der Waals surface area contributed by atoms with Crippen LogP contribution in [0.5, 0.6) is 0 Å². The molecule has 0 unspecified atom stereocenters. The Hall–Kier alpha value is -2.38. The molecule has 3 N–H and O–H groups in total. The molecule has 0 aliphatic rings. The molecule has 18 heavy (non-hydrogen) atoms. The van der Waals surface area contributed by atoms with E-state index in [1.165, 1.54) is 4.68 Å². The molecule has 0 saturated heterocycles. The van der Waals surface area contributed by atoms with Crippen molar-refractivity contribution in [2.75, 3.05) is 12.3 Å². The first-order chi connectivity index (χ1) is 8.63. The predicted octanol–water partition coefficient (Wildman–Crippen LogP) is -0.484. The standard InChI is InChI=1S/C10H14N6O2/c1-7-13-9(15-18-7)2-4-12-10(17)6-16-5-3-8(11)14-16/h3,5H,2,4,6H2,1H3,(H2,11,14)(H,12,17). The summed E-state index contributed by atoms with van der Waals surface area (Å²) in [5.41, 5.74) is 5.44. The highest BCUT2D eigenvalue weighted by atomic mass is 16.5. The van der Waals surface area contributed by atoms with Gasteiger partial charge in [0.25, 0.3) is 0 Å². The Balaban J connectivity index is 1.72. The lowest BCUT2D eigenvalue weighted by Gasteiger charge is -2.03. The van der Waals surface area contributed by atoms with E-state index >= 15 is 0 Å². The molecule has 0 atom stereocenters. The summed E-state index contributed by atoms with van der Waals surface area (Å²) >= 11 is 0. The van der Waals surface area contributed by atoms with E-state index in [1.807, 2.05) is 0 Å². The van der Waals surface area contributed by atoms with Gasteiger partial charge in [-0.3, -0.25) is 9.48 Å². The van der Waals surface area contributed by atoms with Crippen molar-refractivity contribution in [3.8, 4) is 0 Å². The lowest BCUT2D eigenvalue weighted by atomic mass is 10.4. The maximum atomic E-state index is 11.5. The number of hydrogen-bond acceptors (Lipinski definition) is 6. The van der Waals surface area contributed by atoms with E-state index in [0.717, 1.165) is 0 Å². The highest BCUT2D eigenvalue weighted by Crippen LogP contribution is 1.96. The maximum Gasteiger partial charge on any atom is 0.241 e. The molecular formula is C10H14N6O2. The summed E-state index contributed by atoms with van der Waals surface area (Å²) in [7, 11) is 0. The molecule has 0 saturated carbocycles. The summed E-state index contributed by atoms with van der Waals surface area (Å²) in [6, 6.07) is 1.63. The Morgan fingerprint density at radius 2 is 2.44 bits per heavy atom. The maximum absolute atomic E-state index is 11.5. The molecule has 0 fully saturated rings. The van der Waals surface area contributed by atoms with Crippen LogP contribution < -0.4 is 11.1 Å². The van der Waals surface area contributed by atoms with E-state index in [9.17, 15) is 4.79 Å². The Labute approximate surface area is 103 Å². The number of rotatable bonds is 5. The van der Waals surface area contributed by atoms with Crippen molar-refractivity contribution < 1.29 is 9.32 Å². The molecule has 0 aliphatic carbocycles. The molecule has 0 bridgehead atoms. The van der Waals surface area contributed by atoms with Crippen LogP contribution in [-0.4, -0.2) is 32.4 Å². The number of anilines is 1. The Bertz CT molecular complexity index is 532. The first-order valence-corrected chi connectivity index (χ1v) is 5.48. The molecular weight excluding hydrogens is 236 g/mol. The van der Waals surface area contributed by atoms with Crippen LogP contribution in [0.4, 0.5) is 5.82 Å². The summed E-state index contributed by atoms with van der Waals surface area (Å²) in [4.78, 5) is 15.6. The molecule has 2 heterocycles. The number of aryl methyl sites for hydroxylation is 1. The van der Waals surface area contributed by atoms with Crippen molar-refractivity contribution in [2.24, 2.45) is 0 Å². The third-order valence-electron chi connectivity index (χ3n) is 2.21. The molecule has 0 aromatic carbocycles. The van der Waals surface area contributed by atoms with Crippen molar-refractivity contribution in [3.05, 3.63) is 24.0 Å². The number of hydrogen-bond donors (Lipinski definition) is 2. The second-order valence-corrected chi connectivity index (χ2v) is 3.77. The number of nitrogen functional groups attached to an aromatic ring is 1. The fraction of sp³-hybridized carbons (Fsp3) is 0.400. The van der Waals surface area contributed by atoms with Gasteiger partial charge in [0, 0.05) is 26.1 Å². The number of nitrogens with zero attached hydrogens (tertiary/aromatic N) is 4. The number of carbonyl (C=O) groups is 1. The van der Waals surface area contributed by atoms with Crippen LogP contribution in [0.25, 0.3) is 0 Å². The fourth-order valence-electron chi connectivity index (χ4n) is 1.43. The van der Waals surface area contributed by atoms with Gasteiger partial charge in [-0.15, -0.1) is 0 Å². The van der Waals surface area contributed by atoms with Gasteiger partial charge in [0.05, 0.1) is 0 Å². The SMILES string of the molecule is Cc1nc(CCNC(=O)Cn2ccc(N)n2)no1. The van der Waals surface area contributed by atoms with Crippen LogP contribution in [0.15, 0.2) is 16.8 Å². The highest BCUT2D eigenvalue weighted by molar-refractivity contribution is 5.75. The van der Waals surface area contributed by atoms with Crippen molar-refractivity contribution in [1.29, 1.82) is 0 Å². The zero-order valence-corrected chi connectivity index (χ0v) is 9.96. The monoisotopic (exact) mass is 250 g/mol. The van der Waals surface area contributed by atoms with Crippen LogP contribution in [0.1, 0.15) is 11.7 Å². The van der Waals surface area contributed by atoms with E-state index < -0.39 is 0 Å². The zero-order chi connectivity index (χ0) is 13.0. The lowest BCUT2D eigenvalue weighted by molar-refractivity contribution is -0.121. The second-order valence-electron chi connectivity index (χ2n) is 3.77. The summed E-state index contributed by atoms with van der Waals surface area (Å²) in [5, 5.41) is 10.4. The average Bonchev–Trinajstić information content (AvgIpc) is 2.88. The van der Waals surface area contributed by atoms with Gasteiger partial charge in [0.15, 0.2) is 5.82 Å². The normalized spacial score (nSPS) is 10.5. The quantitative estimate of drug-likeness (QED) is 0.741. The van der Waals surface area contributed by atoms with E-state index in [4.69, 9.17) is 10.3 Å². The van der Waals surface area contributed by atoms with Gasteiger partial charge in [-0.2, -0.15) is 10.1 Å². The van der Waals surface area contributed by atoms with Crippen LogP contribution in [0, 0.1) is 6.92 Å². The summed E-state index contributed by atoms with van der Waals surface area (Å²) < 4.78 is 6.29. The molecule has 8 nitrogen and oxygen atoms in total. The van der Waals surface area contributed by atoms with Crippen molar-refractivity contribution in [1.82, 2.24) is 25.2 Å². The number of nitrogens with two attached hydrogens (primary N) is 1. The molecule has 0 spiro atoms. The smallest absolute Gasteiger partial charge is 0.241 e. The van der Waals surface area contributed by atoms with Gasteiger partial charge < -0.3 is 15.6 Å². The van der Waals surface area contributed by atoms with Crippen molar-refractivity contribution in [3.63, 3.8) is 0 Å². The van der Waals surface area contributed by atoms with Gasteiger partial charge in [0.1, 0.15) is 12.4 Å². The molecule has 2 rings (SSSR count). The fourth-order valence-corrected chi connectivity index (χ4v) is 1.43. The third-order valence-corrected chi connectivity index (χ3v) is 2.21. The molecule has 2 aromatic heterocycles. The van der Waals surface area contributed by atoms with E-state index in [0.29, 0.717) is 30.5 Å². The molecule has 96 valence electrons. The average molecular weight is 250 g/mol. The zero-order valence-electron chi connectivity index (χ0n) is 9.96. The van der Waals surface area contributed by atoms with Crippen LogP contribution in [-0.2, 0) is 17.8 Å². The number of aromatic nitrogens is 4. The third kappa shape index (κ3) is 3.30. The Kier molecular flexibility index (Phi) is 3.56. The van der Waals surface area contributed by atoms with Gasteiger partial charge in [-0.25, -0.2) is 0 Å². The minimum absolute atomic E-state index is 0.140. The minimum atomic E-state index is -0.140. The molecule has 0 aliphatic heterocycles. The summed E-state index contributed by atoms with van der Waals surface area (Å²) in [5.74, 6) is 1.35. The van der Waals surface area contributed by atoms with Gasteiger partial charge in [-0.05, 0) is 6.07 Å². The van der Waals surface area contributed by atoms with Crippen molar-refractivity contribution >= 4 is 11.7 Å². The largest absolute Gasteiger partial charge is 0.382 e. The highest BCUT2D eigenvalue weighted by Gasteiger charge is 2.05. The van der Waals surface area contributed by atoms with Crippen LogP contribution >= 0.6 is 0 Å². The van der Waals surface area contributed by atoms with Gasteiger partial charge in [-0.1, -0.05) is 5.16 Å². The Morgan fingerprint density at radius 3 is 3.06 bits per heavy atom. The van der Waals surface area contributed by atoms with Crippen LogP contribution in [0.2, 0.25) is 0 Å². The van der Waals surface area contributed by atoms with Gasteiger partial charge >= 0.3 is 0 Å². The number of nitrogens with one attached hydrogen (secondary N) is 1. The molecule has 2 aromatic rings. The second kappa shape index (κ2) is 5.30. The summed E-state index contributed by atoms with van der Waals surface area (Å²) in [6.07, 6.45) is 2.18. The molecule has 0 radical (unpaired) electrons. The predicted molar refractivity (Wildman–Crippen MR) is 62.4 cm³/mol. The van der Waals surface area contributed by atoms with E-state index in [1.54, 1.807) is 19.2 Å². The van der Waals surface area contributed by atoms with Crippen molar-refractivity contribution in [2.45, 2.75) is 19.9 Å². The van der Waals surface area contributed by atoms with Gasteiger partial charge in [0.2, 0.25) is 11.8 Å².